The molecule has 0 N–H and O–H groups in total. The number of halogens is 1. The molecule has 0 aromatic rings. The zero-order chi connectivity index (χ0) is 5.86. The van der Waals surface area contributed by atoms with Crippen LogP contribution < -0.4 is 0 Å². The molecule has 2 nitrogen and oxygen atoms in total. The van der Waals surface area contributed by atoms with Gasteiger partial charge in [-0.2, -0.15) is 0 Å². The van der Waals surface area contributed by atoms with E-state index in [4.69, 9.17) is 0 Å². The van der Waals surface area contributed by atoms with Crippen LogP contribution >= 0.6 is 12.4 Å². The molecule has 0 saturated carbocycles. The van der Waals surface area contributed by atoms with Gasteiger partial charge in [0.1, 0.15) is 0 Å². The molecule has 0 aromatic heterocycles. The highest BCUT2D eigenvalue weighted by Crippen LogP contribution is 1.59. The van der Waals surface area contributed by atoms with E-state index in [-0.39, 0.29) is 12.4 Å². The summed E-state index contributed by atoms with van der Waals surface area (Å²) in [4.78, 5) is 2.00. The lowest BCUT2D eigenvalue weighted by molar-refractivity contribution is -0.464. The molecule has 0 aliphatic carbocycles. The molecule has 3 heteroatoms. The second-order valence-corrected chi connectivity index (χ2v) is 2.04. The Morgan fingerprint density at radius 3 is 1.62 bits per heavy atom. The summed E-state index contributed by atoms with van der Waals surface area (Å²) >= 11 is 0. The van der Waals surface area contributed by atoms with E-state index in [2.05, 4.69) is 0 Å². The zero-order valence-corrected chi connectivity index (χ0v) is 6.70. The van der Waals surface area contributed by atoms with Gasteiger partial charge < -0.3 is 0 Å². The fraction of sp³-hybridized carbons (Fsp3) is 0.800. The predicted molar refractivity (Wildman–Crippen MR) is 39.1 cm³/mol. The van der Waals surface area contributed by atoms with Crippen LogP contribution in [0.1, 0.15) is 0 Å². The lowest BCUT2D eigenvalue weighted by atomic mass is 10.9. The predicted octanol–water partition coefficient (Wildman–Crippen LogP) is 0.270. The van der Waals surface area contributed by atoms with Gasteiger partial charge in [0.25, 0.3) is 0 Å². The standard InChI is InChI=1S/C5H13N2.ClH/c1-6(2)5-7(3)4;/h5H,1-4H3;1H/q+1;. The summed E-state index contributed by atoms with van der Waals surface area (Å²) in [6, 6.07) is 0. The molecule has 0 aliphatic heterocycles. The summed E-state index contributed by atoms with van der Waals surface area (Å²) in [5.74, 6) is 0. The minimum atomic E-state index is 0. The average molecular weight is 138 g/mol. The summed E-state index contributed by atoms with van der Waals surface area (Å²) in [6.45, 7) is 0. The van der Waals surface area contributed by atoms with E-state index >= 15 is 0 Å². The second-order valence-electron chi connectivity index (χ2n) is 2.04. The van der Waals surface area contributed by atoms with Gasteiger partial charge in [-0.25, -0.2) is 0 Å². The van der Waals surface area contributed by atoms with Gasteiger partial charge in [0.2, 0.25) is 6.34 Å². The van der Waals surface area contributed by atoms with E-state index in [0.29, 0.717) is 0 Å². The van der Waals surface area contributed by atoms with Crippen molar-refractivity contribution in [1.29, 1.82) is 0 Å². The molecule has 50 valence electrons. The zero-order valence-electron chi connectivity index (χ0n) is 5.88. The van der Waals surface area contributed by atoms with Crippen molar-refractivity contribution in [2.75, 3.05) is 28.2 Å². The Kier molecular flexibility index (Phi) is 6.56. The summed E-state index contributed by atoms with van der Waals surface area (Å²) in [7, 11) is 8.00. The van der Waals surface area contributed by atoms with Crippen LogP contribution in [0.25, 0.3) is 0 Å². The molecular formula is C5H14ClN2+. The van der Waals surface area contributed by atoms with E-state index in [0.717, 1.165) is 0 Å². The molecular weight excluding hydrogens is 124 g/mol. The monoisotopic (exact) mass is 137 g/mol. The largest absolute Gasteiger partial charge is 0.274 e. The van der Waals surface area contributed by atoms with Crippen LogP contribution in [0.3, 0.4) is 0 Å². The third-order valence-corrected chi connectivity index (χ3v) is 0.462. The van der Waals surface area contributed by atoms with Gasteiger partial charge >= 0.3 is 0 Å². The second kappa shape index (κ2) is 4.91. The molecule has 0 rings (SSSR count). The third kappa shape index (κ3) is 9.23. The highest BCUT2D eigenvalue weighted by molar-refractivity contribution is 5.85. The molecule has 0 amide bonds. The van der Waals surface area contributed by atoms with Crippen LogP contribution in [0, 0.1) is 0 Å². The van der Waals surface area contributed by atoms with E-state index in [1.807, 2.05) is 44.0 Å². The van der Waals surface area contributed by atoms with Crippen LogP contribution in [0.5, 0.6) is 0 Å². The Bertz CT molecular complexity index is 74.5. The van der Waals surface area contributed by atoms with Crippen molar-refractivity contribution in [3.8, 4) is 0 Å². The molecule has 0 atom stereocenters. The average Bonchev–Trinajstić information content (AvgIpc) is 1.27. The smallest absolute Gasteiger partial charge is 0.233 e. The van der Waals surface area contributed by atoms with E-state index < -0.39 is 0 Å². The van der Waals surface area contributed by atoms with Gasteiger partial charge in [-0.3, -0.25) is 9.48 Å². The maximum absolute atomic E-state index is 2.00. The maximum Gasteiger partial charge on any atom is 0.233 e. The summed E-state index contributed by atoms with van der Waals surface area (Å²) in [5.41, 5.74) is 0. The molecule has 8 heavy (non-hydrogen) atoms. The summed E-state index contributed by atoms with van der Waals surface area (Å²) in [5, 5.41) is 0. The van der Waals surface area contributed by atoms with Gasteiger partial charge in [-0.1, -0.05) is 0 Å². The maximum atomic E-state index is 2.00. The Morgan fingerprint density at radius 2 is 1.62 bits per heavy atom. The molecule has 0 heterocycles. The van der Waals surface area contributed by atoms with Crippen LogP contribution in [-0.2, 0) is 0 Å². The molecule has 0 bridgehead atoms. The molecule has 0 spiro atoms. The summed E-state index contributed by atoms with van der Waals surface area (Å²) < 4.78 is 2.00. The van der Waals surface area contributed by atoms with Gasteiger partial charge in [-0.05, 0) is 0 Å². The van der Waals surface area contributed by atoms with Crippen molar-refractivity contribution in [3.05, 3.63) is 0 Å². The normalized spacial score (nSPS) is 7.00. The first-order valence-electron chi connectivity index (χ1n) is 2.31. The Hall–Kier alpha value is -0.240. The van der Waals surface area contributed by atoms with Crippen molar-refractivity contribution in [2.24, 2.45) is 0 Å². The van der Waals surface area contributed by atoms with Crippen molar-refractivity contribution in [1.82, 2.24) is 4.90 Å². The lowest BCUT2D eigenvalue weighted by Crippen LogP contribution is -2.15. The van der Waals surface area contributed by atoms with Crippen molar-refractivity contribution >= 4 is 18.7 Å². The highest BCUT2D eigenvalue weighted by Gasteiger charge is 1.82. The molecule has 0 fully saturated rings. The Labute approximate surface area is 57.2 Å². The molecule has 0 aliphatic rings. The van der Waals surface area contributed by atoms with E-state index in [1.54, 1.807) is 0 Å². The number of rotatable bonds is 1. The summed E-state index contributed by atoms with van der Waals surface area (Å²) in [6.07, 6.45) is 2.00. The third-order valence-electron chi connectivity index (χ3n) is 0.462. The minimum Gasteiger partial charge on any atom is -0.274 e. The van der Waals surface area contributed by atoms with Crippen molar-refractivity contribution in [2.45, 2.75) is 0 Å². The number of nitrogens with zero attached hydrogens (tertiary/aromatic N) is 2. The Balaban J connectivity index is 0. The lowest BCUT2D eigenvalue weighted by Gasteiger charge is -1.95. The van der Waals surface area contributed by atoms with Crippen LogP contribution in [0.4, 0.5) is 0 Å². The number of hydrogen-bond acceptors (Lipinski definition) is 0. The number of hydrogen-bond donors (Lipinski definition) is 0. The first-order chi connectivity index (χ1) is 3.13. The van der Waals surface area contributed by atoms with Gasteiger partial charge in [-0.15, -0.1) is 12.4 Å². The molecule has 0 saturated heterocycles. The topological polar surface area (TPSA) is 6.25 Å². The van der Waals surface area contributed by atoms with Gasteiger partial charge in [0.15, 0.2) is 0 Å². The Morgan fingerprint density at radius 1 is 1.25 bits per heavy atom. The fourth-order valence-corrected chi connectivity index (χ4v) is 0.462. The first kappa shape index (κ1) is 10.7. The van der Waals surface area contributed by atoms with Crippen LogP contribution in [0.2, 0.25) is 0 Å². The van der Waals surface area contributed by atoms with Crippen LogP contribution in [0.15, 0.2) is 0 Å². The SMILES string of the molecule is CN(C)C=[N+](C)C.Cl. The fourth-order valence-electron chi connectivity index (χ4n) is 0.462. The minimum absolute atomic E-state index is 0. The van der Waals surface area contributed by atoms with Gasteiger partial charge in [0.05, 0.1) is 28.2 Å². The quantitative estimate of drug-likeness (QED) is 0.286. The highest BCUT2D eigenvalue weighted by atomic mass is 35.5. The van der Waals surface area contributed by atoms with E-state index in [1.165, 1.54) is 0 Å². The molecule has 0 radical (unpaired) electrons. The van der Waals surface area contributed by atoms with Crippen molar-refractivity contribution < 1.29 is 4.58 Å². The van der Waals surface area contributed by atoms with Gasteiger partial charge in [0, 0.05) is 0 Å². The molecule has 0 aromatic carbocycles. The van der Waals surface area contributed by atoms with Crippen molar-refractivity contribution in [3.63, 3.8) is 0 Å². The molecule has 0 unspecified atom stereocenters. The van der Waals surface area contributed by atoms with Crippen LogP contribution in [-0.4, -0.2) is 44.0 Å². The first-order valence-corrected chi connectivity index (χ1v) is 2.31. The van der Waals surface area contributed by atoms with E-state index in [9.17, 15) is 0 Å².